The highest BCUT2D eigenvalue weighted by Gasteiger charge is 2.27. The Labute approximate surface area is 98.3 Å². The van der Waals surface area contributed by atoms with Crippen molar-refractivity contribution < 1.29 is 0 Å². The summed E-state index contributed by atoms with van der Waals surface area (Å²) in [7, 11) is 1.94. The Kier molecular flexibility index (Phi) is 3.41. The highest BCUT2D eigenvalue weighted by atomic mass is 79.9. The summed E-state index contributed by atoms with van der Waals surface area (Å²) >= 11 is 3.46. The Morgan fingerprint density at radius 1 is 1.33 bits per heavy atom. The predicted octanol–water partition coefficient (Wildman–Crippen LogP) is 1.95. The molecule has 4 nitrogen and oxygen atoms in total. The van der Waals surface area contributed by atoms with E-state index in [9.17, 15) is 0 Å². The minimum atomic E-state index is 0.251. The van der Waals surface area contributed by atoms with Gasteiger partial charge in [0.1, 0.15) is 0 Å². The number of nitrogens with zero attached hydrogens (tertiary/aromatic N) is 3. The van der Waals surface area contributed by atoms with Crippen LogP contribution in [0.25, 0.3) is 0 Å². The summed E-state index contributed by atoms with van der Waals surface area (Å²) in [4.78, 5) is 0. The summed E-state index contributed by atoms with van der Waals surface area (Å²) in [5.74, 6) is 0.405. The van der Waals surface area contributed by atoms with E-state index in [1.165, 1.54) is 19.3 Å². The molecule has 1 saturated carbocycles. The second-order valence-corrected chi connectivity index (χ2v) is 5.05. The average molecular weight is 273 g/mol. The molecule has 0 aromatic carbocycles. The topological polar surface area (TPSA) is 56.7 Å². The van der Waals surface area contributed by atoms with E-state index in [0.29, 0.717) is 5.92 Å². The molecular weight excluding hydrogens is 256 g/mol. The number of nitrogens with two attached hydrogens (primary N) is 1. The van der Waals surface area contributed by atoms with Crippen LogP contribution < -0.4 is 5.73 Å². The van der Waals surface area contributed by atoms with Gasteiger partial charge in [0.05, 0.1) is 5.69 Å². The predicted molar refractivity (Wildman–Crippen MR) is 62.5 cm³/mol. The molecule has 2 N–H and O–H groups in total. The SMILES string of the molecule is Cn1nnc(Br)c1C1CCCCCC1N. The van der Waals surface area contributed by atoms with Gasteiger partial charge in [-0.1, -0.05) is 24.5 Å². The van der Waals surface area contributed by atoms with Gasteiger partial charge in [0.15, 0.2) is 4.60 Å². The Morgan fingerprint density at radius 3 is 2.73 bits per heavy atom. The monoisotopic (exact) mass is 272 g/mol. The number of halogens is 1. The first-order valence-electron chi connectivity index (χ1n) is 5.51. The summed E-state index contributed by atoms with van der Waals surface area (Å²) < 4.78 is 2.70. The van der Waals surface area contributed by atoms with Crippen molar-refractivity contribution in [2.75, 3.05) is 0 Å². The quantitative estimate of drug-likeness (QED) is 0.796. The van der Waals surface area contributed by atoms with E-state index < -0.39 is 0 Å². The summed E-state index contributed by atoms with van der Waals surface area (Å²) in [6, 6.07) is 0.251. The van der Waals surface area contributed by atoms with Crippen molar-refractivity contribution in [1.82, 2.24) is 15.0 Å². The minimum Gasteiger partial charge on any atom is -0.327 e. The molecule has 5 heteroatoms. The molecule has 0 spiro atoms. The summed E-state index contributed by atoms with van der Waals surface area (Å²) in [6.07, 6.45) is 6.08. The third kappa shape index (κ3) is 2.23. The molecule has 1 heterocycles. The van der Waals surface area contributed by atoms with E-state index in [0.717, 1.165) is 23.1 Å². The molecule has 1 fully saturated rings. The van der Waals surface area contributed by atoms with Crippen LogP contribution in [0, 0.1) is 0 Å². The normalized spacial score (nSPS) is 27.7. The van der Waals surface area contributed by atoms with Gasteiger partial charge in [-0.3, -0.25) is 4.68 Å². The molecule has 2 atom stereocenters. The standard InChI is InChI=1S/C10H17BrN4/c1-15-9(10(11)13-14-15)7-5-3-2-4-6-8(7)12/h7-8H,2-6,12H2,1H3. The van der Waals surface area contributed by atoms with Crippen molar-refractivity contribution in [1.29, 1.82) is 0 Å². The van der Waals surface area contributed by atoms with Gasteiger partial charge in [-0.15, -0.1) is 5.10 Å². The van der Waals surface area contributed by atoms with Crippen LogP contribution in [0.4, 0.5) is 0 Å². The number of aryl methyl sites for hydroxylation is 1. The first-order valence-corrected chi connectivity index (χ1v) is 6.30. The van der Waals surface area contributed by atoms with Crippen molar-refractivity contribution in [2.45, 2.75) is 44.1 Å². The second kappa shape index (κ2) is 4.61. The molecule has 0 amide bonds. The maximum Gasteiger partial charge on any atom is 0.151 e. The molecule has 15 heavy (non-hydrogen) atoms. The Bertz CT molecular complexity index is 317. The molecule has 2 unspecified atom stereocenters. The van der Waals surface area contributed by atoms with Crippen molar-refractivity contribution >= 4 is 15.9 Å². The van der Waals surface area contributed by atoms with E-state index in [-0.39, 0.29) is 6.04 Å². The maximum absolute atomic E-state index is 6.22. The number of hydrogen-bond acceptors (Lipinski definition) is 3. The lowest BCUT2D eigenvalue weighted by atomic mass is 9.92. The number of hydrogen-bond donors (Lipinski definition) is 1. The largest absolute Gasteiger partial charge is 0.327 e. The minimum absolute atomic E-state index is 0.251. The van der Waals surface area contributed by atoms with Gasteiger partial charge >= 0.3 is 0 Å². The zero-order valence-electron chi connectivity index (χ0n) is 8.99. The lowest BCUT2D eigenvalue weighted by molar-refractivity contribution is 0.472. The molecule has 1 aromatic heterocycles. The first-order chi connectivity index (χ1) is 7.20. The molecule has 0 aliphatic heterocycles. The second-order valence-electron chi connectivity index (χ2n) is 4.30. The van der Waals surface area contributed by atoms with E-state index >= 15 is 0 Å². The fourth-order valence-electron chi connectivity index (χ4n) is 2.41. The van der Waals surface area contributed by atoms with Crippen molar-refractivity contribution in [2.24, 2.45) is 12.8 Å². The summed E-state index contributed by atoms with van der Waals surface area (Å²) in [6.45, 7) is 0. The fourth-order valence-corrected chi connectivity index (χ4v) is 3.03. The molecule has 2 rings (SSSR count). The van der Waals surface area contributed by atoms with Crippen LogP contribution in [0.15, 0.2) is 4.60 Å². The van der Waals surface area contributed by atoms with E-state index in [1.807, 2.05) is 11.7 Å². The number of rotatable bonds is 1. The van der Waals surface area contributed by atoms with E-state index in [1.54, 1.807) is 0 Å². The van der Waals surface area contributed by atoms with Crippen LogP contribution in [0.2, 0.25) is 0 Å². The van der Waals surface area contributed by atoms with Gasteiger partial charge in [0.25, 0.3) is 0 Å². The smallest absolute Gasteiger partial charge is 0.151 e. The highest BCUT2D eigenvalue weighted by molar-refractivity contribution is 9.10. The van der Waals surface area contributed by atoms with Gasteiger partial charge in [0, 0.05) is 19.0 Å². The molecule has 0 radical (unpaired) electrons. The van der Waals surface area contributed by atoms with Crippen LogP contribution in [0.5, 0.6) is 0 Å². The van der Waals surface area contributed by atoms with Crippen LogP contribution in [0.1, 0.15) is 43.7 Å². The van der Waals surface area contributed by atoms with Gasteiger partial charge in [0.2, 0.25) is 0 Å². The molecule has 1 aliphatic rings. The van der Waals surface area contributed by atoms with E-state index in [2.05, 4.69) is 26.2 Å². The van der Waals surface area contributed by atoms with Gasteiger partial charge in [-0.05, 0) is 28.8 Å². The maximum atomic E-state index is 6.22. The lowest BCUT2D eigenvalue weighted by Crippen LogP contribution is -2.28. The van der Waals surface area contributed by atoms with Gasteiger partial charge < -0.3 is 5.73 Å². The van der Waals surface area contributed by atoms with Crippen molar-refractivity contribution in [3.63, 3.8) is 0 Å². The first kappa shape index (κ1) is 11.1. The Hall–Kier alpha value is -0.420. The molecule has 0 bridgehead atoms. The molecule has 1 aromatic rings. The zero-order chi connectivity index (χ0) is 10.8. The third-order valence-electron chi connectivity index (χ3n) is 3.25. The van der Waals surface area contributed by atoms with Crippen molar-refractivity contribution in [3.8, 4) is 0 Å². The Morgan fingerprint density at radius 2 is 2.07 bits per heavy atom. The van der Waals surface area contributed by atoms with Crippen LogP contribution in [-0.4, -0.2) is 21.0 Å². The molecule has 0 saturated heterocycles. The van der Waals surface area contributed by atoms with E-state index in [4.69, 9.17) is 5.73 Å². The third-order valence-corrected chi connectivity index (χ3v) is 3.81. The summed E-state index contributed by atoms with van der Waals surface area (Å²) in [5, 5.41) is 8.05. The van der Waals surface area contributed by atoms with Crippen molar-refractivity contribution in [3.05, 3.63) is 10.3 Å². The molecule has 1 aliphatic carbocycles. The lowest BCUT2D eigenvalue weighted by Gasteiger charge is -2.21. The van der Waals surface area contributed by atoms with Crippen LogP contribution in [-0.2, 0) is 7.05 Å². The summed E-state index contributed by atoms with van der Waals surface area (Å²) in [5.41, 5.74) is 7.38. The van der Waals surface area contributed by atoms with Crippen LogP contribution in [0.3, 0.4) is 0 Å². The average Bonchev–Trinajstić information content (AvgIpc) is 2.42. The Balaban J connectivity index is 2.27. The highest BCUT2D eigenvalue weighted by Crippen LogP contribution is 2.33. The van der Waals surface area contributed by atoms with Gasteiger partial charge in [-0.2, -0.15) is 0 Å². The fraction of sp³-hybridized carbons (Fsp3) is 0.800. The molecular formula is C10H17BrN4. The van der Waals surface area contributed by atoms with Crippen LogP contribution >= 0.6 is 15.9 Å². The zero-order valence-corrected chi connectivity index (χ0v) is 10.6. The number of aromatic nitrogens is 3. The molecule has 84 valence electrons. The van der Waals surface area contributed by atoms with Gasteiger partial charge in [-0.25, -0.2) is 0 Å².